The van der Waals surface area contributed by atoms with Gasteiger partial charge in [-0.3, -0.25) is 14.0 Å². The normalized spacial score (nSPS) is 11.4. The number of carbonyl (C=O) groups is 3. The monoisotopic (exact) mass is 571 g/mol. The summed E-state index contributed by atoms with van der Waals surface area (Å²) in [6.07, 6.45) is 1.71. The molecule has 0 aliphatic heterocycles. The lowest BCUT2D eigenvalue weighted by Gasteiger charge is -2.17. The summed E-state index contributed by atoms with van der Waals surface area (Å²) < 4.78 is 17.4. The number of fused-ring (bicyclic) bond motifs is 1. The number of hydrogen-bond acceptors (Lipinski definition) is 7. The van der Waals surface area contributed by atoms with Gasteiger partial charge in [0.15, 0.2) is 0 Å². The van der Waals surface area contributed by atoms with Crippen molar-refractivity contribution in [3.63, 3.8) is 0 Å². The molecule has 1 unspecified atom stereocenters. The predicted octanol–water partition coefficient (Wildman–Crippen LogP) is 3.90. The van der Waals surface area contributed by atoms with E-state index in [4.69, 9.17) is 14.2 Å². The van der Waals surface area contributed by atoms with Crippen LogP contribution in [0.1, 0.15) is 34.8 Å². The maximum Gasteiger partial charge on any atom is 0.407 e. The first-order valence-corrected chi connectivity index (χ1v) is 13.7. The van der Waals surface area contributed by atoms with Crippen LogP contribution in [-0.4, -0.2) is 48.2 Å². The first kappa shape index (κ1) is 29.9. The average Bonchev–Trinajstić information content (AvgIpc) is 3.01. The van der Waals surface area contributed by atoms with E-state index in [-0.39, 0.29) is 31.8 Å². The molecule has 4 aromatic rings. The van der Waals surface area contributed by atoms with Crippen molar-refractivity contribution in [1.82, 2.24) is 15.0 Å². The first-order valence-electron chi connectivity index (χ1n) is 13.7. The molecule has 2 heterocycles. The highest BCUT2D eigenvalue weighted by Crippen LogP contribution is 2.13. The Morgan fingerprint density at radius 1 is 0.857 bits per heavy atom. The number of alkyl carbamates (subject to hydrolysis) is 1. The van der Waals surface area contributed by atoms with E-state index in [1.807, 2.05) is 60.7 Å². The second-order valence-corrected chi connectivity index (χ2v) is 9.37. The van der Waals surface area contributed by atoms with E-state index < -0.39 is 29.6 Å². The molecule has 2 N–H and O–H groups in total. The molecule has 10 nitrogen and oxygen atoms in total. The Hall–Kier alpha value is -5.12. The zero-order chi connectivity index (χ0) is 29.7. The average molecular weight is 572 g/mol. The van der Waals surface area contributed by atoms with Crippen LogP contribution in [0.4, 0.5) is 4.79 Å². The summed E-state index contributed by atoms with van der Waals surface area (Å²) in [6, 6.07) is 24.1. The summed E-state index contributed by atoms with van der Waals surface area (Å²) in [6.45, 7) is 2.66. The third kappa shape index (κ3) is 8.44. The Morgan fingerprint density at radius 3 is 2.26 bits per heavy atom. The molecule has 1 atom stereocenters. The van der Waals surface area contributed by atoms with Gasteiger partial charge in [-0.25, -0.2) is 9.59 Å². The molecule has 0 aliphatic carbocycles. The number of hydrogen-bond donors (Lipinski definition) is 2. The predicted molar refractivity (Wildman–Crippen MR) is 156 cm³/mol. The molecule has 0 spiro atoms. The third-order valence-corrected chi connectivity index (χ3v) is 6.30. The molecule has 2 aromatic heterocycles. The largest absolute Gasteiger partial charge is 0.492 e. The fourth-order valence-electron chi connectivity index (χ4n) is 4.18. The number of aromatic nitrogens is 1. The lowest BCUT2D eigenvalue weighted by atomic mass is 10.1. The van der Waals surface area contributed by atoms with Gasteiger partial charge in [0, 0.05) is 18.5 Å². The lowest BCUT2D eigenvalue weighted by molar-refractivity contribution is -0.145. The fourth-order valence-corrected chi connectivity index (χ4v) is 4.18. The minimum absolute atomic E-state index is 0.120. The number of pyridine rings is 2. The van der Waals surface area contributed by atoms with Gasteiger partial charge in [0.2, 0.25) is 0 Å². The second-order valence-electron chi connectivity index (χ2n) is 9.37. The smallest absolute Gasteiger partial charge is 0.407 e. The van der Waals surface area contributed by atoms with Crippen LogP contribution in [0.2, 0.25) is 0 Å². The van der Waals surface area contributed by atoms with Gasteiger partial charge in [-0.05, 0) is 48.7 Å². The topological polar surface area (TPSA) is 124 Å². The molecular formula is C32H33N3O7. The fraction of sp³-hybridized carbons (Fsp3) is 0.250. The van der Waals surface area contributed by atoms with Gasteiger partial charge in [0.05, 0.1) is 19.4 Å². The van der Waals surface area contributed by atoms with E-state index in [0.717, 1.165) is 11.1 Å². The minimum Gasteiger partial charge on any atom is -0.492 e. The highest BCUT2D eigenvalue weighted by Gasteiger charge is 2.24. The van der Waals surface area contributed by atoms with Crippen molar-refractivity contribution in [2.75, 3.05) is 19.8 Å². The minimum atomic E-state index is -0.959. The Labute approximate surface area is 243 Å². The molecule has 218 valence electrons. The Bertz CT molecular complexity index is 1560. The Morgan fingerprint density at radius 2 is 1.55 bits per heavy atom. The summed E-state index contributed by atoms with van der Waals surface area (Å²) >= 11 is 0. The van der Waals surface area contributed by atoms with Gasteiger partial charge < -0.3 is 24.8 Å². The highest BCUT2D eigenvalue weighted by molar-refractivity contribution is 5.96. The van der Waals surface area contributed by atoms with Gasteiger partial charge in [-0.1, -0.05) is 60.7 Å². The van der Waals surface area contributed by atoms with E-state index in [9.17, 15) is 19.2 Å². The van der Waals surface area contributed by atoms with Crippen molar-refractivity contribution < 1.29 is 28.6 Å². The number of ether oxygens (including phenoxy) is 3. The number of rotatable bonds is 13. The Balaban J connectivity index is 1.33. The van der Waals surface area contributed by atoms with Crippen molar-refractivity contribution in [2.45, 2.75) is 32.4 Å². The number of nitrogens with one attached hydrogen (secondary N) is 2. The van der Waals surface area contributed by atoms with Crippen molar-refractivity contribution in [2.24, 2.45) is 0 Å². The standard InChI is InChI=1S/C32H33N3O7/c1-2-40-31(38)28(20-23-10-5-3-6-11-23)34-29(36)27-17-15-25-14-16-26(21-35(25)30(27)37)41-19-9-18-33-32(39)42-22-24-12-7-4-8-13-24/h3-8,10-17,21,28H,2,9,18-20,22H2,1H3,(H,33,39)(H,34,36). The molecular weight excluding hydrogens is 538 g/mol. The summed E-state index contributed by atoms with van der Waals surface area (Å²) in [5.41, 5.74) is 1.63. The molecule has 4 rings (SSSR count). The third-order valence-electron chi connectivity index (χ3n) is 6.30. The number of esters is 1. The van der Waals surface area contributed by atoms with Gasteiger partial charge in [0.25, 0.3) is 11.5 Å². The van der Waals surface area contributed by atoms with E-state index in [0.29, 0.717) is 24.2 Å². The van der Waals surface area contributed by atoms with Crippen LogP contribution in [0.3, 0.4) is 0 Å². The maximum absolute atomic E-state index is 13.2. The number of benzene rings is 2. The van der Waals surface area contributed by atoms with Gasteiger partial charge >= 0.3 is 12.1 Å². The zero-order valence-electron chi connectivity index (χ0n) is 23.3. The van der Waals surface area contributed by atoms with E-state index in [2.05, 4.69) is 10.6 Å². The number of carbonyl (C=O) groups excluding carboxylic acids is 3. The van der Waals surface area contributed by atoms with Crippen molar-refractivity contribution in [3.8, 4) is 5.75 Å². The summed E-state index contributed by atoms with van der Waals surface area (Å²) in [4.78, 5) is 50.8. The zero-order valence-corrected chi connectivity index (χ0v) is 23.3. The van der Waals surface area contributed by atoms with Crippen molar-refractivity contribution in [1.29, 1.82) is 0 Å². The number of nitrogens with zero attached hydrogens (tertiary/aromatic N) is 1. The summed E-state index contributed by atoms with van der Waals surface area (Å²) in [5.74, 6) is -0.840. The SMILES string of the molecule is CCOC(=O)C(Cc1ccccc1)NC(=O)c1ccc2ccc(OCCCNC(=O)OCc3ccccc3)cn2c1=O. The van der Waals surface area contributed by atoms with Gasteiger partial charge in [0.1, 0.15) is 24.0 Å². The first-order chi connectivity index (χ1) is 20.4. The molecule has 2 aromatic carbocycles. The van der Waals surface area contributed by atoms with E-state index in [1.165, 1.54) is 16.7 Å². The van der Waals surface area contributed by atoms with Crippen LogP contribution in [-0.2, 0) is 27.3 Å². The van der Waals surface area contributed by atoms with E-state index in [1.54, 1.807) is 25.1 Å². The lowest BCUT2D eigenvalue weighted by Crippen LogP contribution is -2.45. The highest BCUT2D eigenvalue weighted by atomic mass is 16.5. The summed E-state index contributed by atoms with van der Waals surface area (Å²) in [7, 11) is 0. The van der Waals surface area contributed by atoms with Crippen LogP contribution >= 0.6 is 0 Å². The molecule has 2 amide bonds. The molecule has 0 saturated heterocycles. The molecule has 0 radical (unpaired) electrons. The van der Waals surface area contributed by atoms with Crippen molar-refractivity contribution >= 4 is 23.5 Å². The Kier molecular flexibility index (Phi) is 10.7. The van der Waals surface area contributed by atoms with Crippen LogP contribution in [0.25, 0.3) is 5.52 Å². The number of amides is 2. The molecule has 0 fully saturated rings. The van der Waals surface area contributed by atoms with Crippen molar-refractivity contribution in [3.05, 3.63) is 118 Å². The molecule has 0 aliphatic rings. The second kappa shape index (κ2) is 15.0. The van der Waals surface area contributed by atoms with Gasteiger partial charge in [-0.2, -0.15) is 0 Å². The molecule has 0 saturated carbocycles. The maximum atomic E-state index is 13.2. The molecule has 10 heteroatoms. The quantitative estimate of drug-likeness (QED) is 0.184. The molecule has 0 bridgehead atoms. The van der Waals surface area contributed by atoms with Crippen LogP contribution in [0.15, 0.2) is 95.9 Å². The van der Waals surface area contributed by atoms with E-state index >= 15 is 0 Å². The molecule has 42 heavy (non-hydrogen) atoms. The van der Waals surface area contributed by atoms with Crippen LogP contribution in [0, 0.1) is 0 Å². The van der Waals surface area contributed by atoms with Crippen LogP contribution < -0.4 is 20.9 Å². The van der Waals surface area contributed by atoms with Gasteiger partial charge in [-0.15, -0.1) is 0 Å². The summed E-state index contributed by atoms with van der Waals surface area (Å²) in [5, 5.41) is 5.33. The van der Waals surface area contributed by atoms with Crippen LogP contribution in [0.5, 0.6) is 5.75 Å².